The minimum Gasteiger partial charge on any atom is -0.317 e. The number of hydrogen-bond acceptors (Lipinski definition) is 3. The van der Waals surface area contributed by atoms with Crippen molar-refractivity contribution in [2.24, 2.45) is 0 Å². The van der Waals surface area contributed by atoms with Crippen molar-refractivity contribution in [2.45, 2.75) is 80.1 Å². The molecule has 132 valence electrons. The lowest BCUT2D eigenvalue weighted by molar-refractivity contribution is 0.662. The van der Waals surface area contributed by atoms with E-state index in [1.165, 1.54) is 77.8 Å². The minimum absolute atomic E-state index is 1.17. The van der Waals surface area contributed by atoms with E-state index in [0.29, 0.717) is 0 Å². The van der Waals surface area contributed by atoms with Gasteiger partial charge in [0.1, 0.15) is 0 Å². The van der Waals surface area contributed by atoms with Crippen LogP contribution in [0.2, 0.25) is 0 Å². The Morgan fingerprint density at radius 3 is 0.571 bits per heavy atom. The van der Waals surface area contributed by atoms with Crippen LogP contribution in [0.3, 0.4) is 0 Å². The highest BCUT2D eigenvalue weighted by Gasteiger charge is 1.77. The van der Waals surface area contributed by atoms with E-state index in [0.717, 1.165) is 0 Å². The molecular weight excluding hydrogens is 258 g/mol. The third-order valence-electron chi connectivity index (χ3n) is 2.56. The summed E-state index contributed by atoms with van der Waals surface area (Å²) in [6, 6.07) is 0. The van der Waals surface area contributed by atoms with Crippen molar-refractivity contribution >= 4 is 0 Å². The van der Waals surface area contributed by atoms with E-state index in [1.807, 2.05) is 0 Å². The first-order valence-electron chi connectivity index (χ1n) is 9.36. The summed E-state index contributed by atoms with van der Waals surface area (Å²) in [6.45, 7) is 20.1. The van der Waals surface area contributed by atoms with E-state index in [4.69, 9.17) is 0 Å². The van der Waals surface area contributed by atoms with Gasteiger partial charge in [0.05, 0.1) is 0 Å². The van der Waals surface area contributed by atoms with Crippen LogP contribution in [-0.4, -0.2) is 39.3 Å². The summed E-state index contributed by atoms with van der Waals surface area (Å²) < 4.78 is 0. The fourth-order valence-electron chi connectivity index (χ4n) is 1.44. The van der Waals surface area contributed by atoms with Crippen LogP contribution in [-0.2, 0) is 0 Å². The first kappa shape index (κ1) is 25.8. The summed E-state index contributed by atoms with van der Waals surface area (Å²) >= 11 is 0. The zero-order valence-electron chi connectivity index (χ0n) is 16.0. The molecule has 0 saturated heterocycles. The first-order chi connectivity index (χ1) is 10.2. The Labute approximate surface area is 136 Å². The normalized spacial score (nSPS) is 9.43. The SMILES string of the molecule is CCCNCCC.CCCNCCC.CCCNCCC. The Balaban J connectivity index is -0.000000231. The maximum Gasteiger partial charge on any atom is -0.00516 e. The Bertz CT molecular complexity index is 93.9. The molecule has 0 aliphatic heterocycles. The largest absolute Gasteiger partial charge is 0.317 e. The molecule has 0 aromatic rings. The highest BCUT2D eigenvalue weighted by Crippen LogP contribution is 1.72. The molecule has 0 heterocycles. The maximum absolute atomic E-state index is 3.28. The molecule has 0 aliphatic rings. The van der Waals surface area contributed by atoms with Crippen molar-refractivity contribution in [3.05, 3.63) is 0 Å². The van der Waals surface area contributed by atoms with Crippen molar-refractivity contribution in [1.29, 1.82) is 0 Å². The lowest BCUT2D eigenvalue weighted by Crippen LogP contribution is -2.14. The number of rotatable bonds is 12. The second-order valence-electron chi connectivity index (χ2n) is 5.25. The molecule has 21 heavy (non-hydrogen) atoms. The Kier molecular flexibility index (Phi) is 39.3. The molecule has 3 nitrogen and oxygen atoms in total. The van der Waals surface area contributed by atoms with E-state index in [1.54, 1.807) is 0 Å². The van der Waals surface area contributed by atoms with Crippen LogP contribution < -0.4 is 16.0 Å². The summed E-state index contributed by atoms with van der Waals surface area (Å²) in [6.07, 6.45) is 7.50. The molecule has 0 aromatic carbocycles. The Hall–Kier alpha value is -0.120. The van der Waals surface area contributed by atoms with Gasteiger partial charge in [-0.2, -0.15) is 0 Å². The van der Waals surface area contributed by atoms with Gasteiger partial charge in [-0.05, 0) is 77.8 Å². The maximum atomic E-state index is 3.28. The summed E-state index contributed by atoms with van der Waals surface area (Å²) in [7, 11) is 0. The quantitative estimate of drug-likeness (QED) is 0.473. The lowest BCUT2D eigenvalue weighted by atomic mass is 10.4. The zero-order valence-corrected chi connectivity index (χ0v) is 16.0. The highest BCUT2D eigenvalue weighted by molar-refractivity contribution is 4.41. The van der Waals surface area contributed by atoms with Gasteiger partial charge in [-0.15, -0.1) is 0 Å². The predicted octanol–water partition coefficient (Wildman–Crippen LogP) is 4.19. The third kappa shape index (κ3) is 45.0. The molecule has 0 rings (SSSR count). The molecule has 0 atom stereocenters. The molecule has 0 aromatic heterocycles. The van der Waals surface area contributed by atoms with Crippen LogP contribution in [0.15, 0.2) is 0 Å². The minimum atomic E-state index is 1.17. The molecule has 0 amide bonds. The predicted molar refractivity (Wildman–Crippen MR) is 100 cm³/mol. The van der Waals surface area contributed by atoms with Crippen molar-refractivity contribution in [1.82, 2.24) is 16.0 Å². The van der Waals surface area contributed by atoms with E-state index in [2.05, 4.69) is 57.5 Å². The molecule has 0 radical (unpaired) electrons. The summed E-state index contributed by atoms with van der Waals surface area (Å²) in [5.74, 6) is 0. The van der Waals surface area contributed by atoms with E-state index < -0.39 is 0 Å². The second-order valence-corrected chi connectivity index (χ2v) is 5.25. The summed E-state index contributed by atoms with van der Waals surface area (Å²) in [5.41, 5.74) is 0. The Morgan fingerprint density at radius 1 is 0.333 bits per heavy atom. The molecule has 0 spiro atoms. The Morgan fingerprint density at radius 2 is 0.476 bits per heavy atom. The molecule has 0 aliphatic carbocycles. The van der Waals surface area contributed by atoms with Gasteiger partial charge in [0.2, 0.25) is 0 Å². The van der Waals surface area contributed by atoms with Gasteiger partial charge in [0.15, 0.2) is 0 Å². The van der Waals surface area contributed by atoms with E-state index >= 15 is 0 Å². The van der Waals surface area contributed by atoms with Crippen LogP contribution in [0.4, 0.5) is 0 Å². The van der Waals surface area contributed by atoms with E-state index in [9.17, 15) is 0 Å². The summed E-state index contributed by atoms with van der Waals surface area (Å²) in [4.78, 5) is 0. The molecule has 3 heteroatoms. The summed E-state index contributed by atoms with van der Waals surface area (Å²) in [5, 5.41) is 9.85. The van der Waals surface area contributed by atoms with Gasteiger partial charge in [-0.25, -0.2) is 0 Å². The molecule has 0 fully saturated rings. The van der Waals surface area contributed by atoms with Gasteiger partial charge >= 0.3 is 0 Å². The van der Waals surface area contributed by atoms with Gasteiger partial charge in [-0.3, -0.25) is 0 Å². The van der Waals surface area contributed by atoms with Crippen molar-refractivity contribution in [2.75, 3.05) is 39.3 Å². The second kappa shape index (κ2) is 32.0. The smallest absolute Gasteiger partial charge is 0.00516 e. The highest BCUT2D eigenvalue weighted by atomic mass is 14.8. The zero-order chi connectivity index (χ0) is 16.6. The van der Waals surface area contributed by atoms with Gasteiger partial charge in [0, 0.05) is 0 Å². The average Bonchev–Trinajstić information content (AvgIpc) is 2.50. The van der Waals surface area contributed by atoms with Gasteiger partial charge in [-0.1, -0.05) is 41.5 Å². The molecule has 0 bridgehead atoms. The first-order valence-corrected chi connectivity index (χ1v) is 9.36. The van der Waals surface area contributed by atoms with Crippen molar-refractivity contribution < 1.29 is 0 Å². The van der Waals surface area contributed by atoms with Crippen molar-refractivity contribution in [3.8, 4) is 0 Å². The molecular formula is C18H45N3. The van der Waals surface area contributed by atoms with E-state index in [-0.39, 0.29) is 0 Å². The monoisotopic (exact) mass is 303 g/mol. The fourth-order valence-corrected chi connectivity index (χ4v) is 1.44. The number of hydrogen-bond donors (Lipinski definition) is 3. The third-order valence-corrected chi connectivity index (χ3v) is 2.56. The van der Waals surface area contributed by atoms with Crippen molar-refractivity contribution in [3.63, 3.8) is 0 Å². The van der Waals surface area contributed by atoms with Crippen LogP contribution in [0.5, 0.6) is 0 Å². The molecule has 0 saturated carbocycles. The van der Waals surface area contributed by atoms with Crippen LogP contribution in [0, 0.1) is 0 Å². The van der Waals surface area contributed by atoms with Gasteiger partial charge in [0.25, 0.3) is 0 Å². The number of nitrogens with one attached hydrogen (secondary N) is 3. The van der Waals surface area contributed by atoms with Crippen LogP contribution in [0.25, 0.3) is 0 Å². The molecule has 3 N–H and O–H groups in total. The lowest BCUT2D eigenvalue weighted by Gasteiger charge is -1.95. The van der Waals surface area contributed by atoms with Crippen LogP contribution in [0.1, 0.15) is 80.1 Å². The van der Waals surface area contributed by atoms with Crippen LogP contribution >= 0.6 is 0 Å². The standard InChI is InChI=1S/3C6H15N/c3*1-3-5-7-6-4-2/h3*7H,3-6H2,1-2H3. The molecule has 0 unspecified atom stereocenters. The fraction of sp³-hybridized carbons (Fsp3) is 1.00. The topological polar surface area (TPSA) is 36.1 Å². The average molecular weight is 304 g/mol. The van der Waals surface area contributed by atoms with Gasteiger partial charge < -0.3 is 16.0 Å².